The summed E-state index contributed by atoms with van der Waals surface area (Å²) in [5.74, 6) is 0.109. The first-order chi connectivity index (χ1) is 7.65. The van der Waals surface area contributed by atoms with E-state index in [1.165, 1.54) is 0 Å². The maximum Gasteiger partial charge on any atom is 0.236 e. The van der Waals surface area contributed by atoms with Crippen molar-refractivity contribution in [2.45, 2.75) is 19.9 Å². The van der Waals surface area contributed by atoms with Gasteiger partial charge in [-0.15, -0.1) is 0 Å². The van der Waals surface area contributed by atoms with Crippen LogP contribution in [0.25, 0.3) is 0 Å². The molecule has 88 valence electrons. The smallest absolute Gasteiger partial charge is 0.236 e. The normalized spacial score (nSPS) is 12.2. The summed E-state index contributed by atoms with van der Waals surface area (Å²) >= 11 is 0. The van der Waals surface area contributed by atoms with Crippen LogP contribution in [0.4, 0.5) is 0 Å². The largest absolute Gasteiger partial charge is 0.345 e. The zero-order valence-corrected chi connectivity index (χ0v) is 10.1. The highest BCUT2D eigenvalue weighted by molar-refractivity contribution is 5.77. The van der Waals surface area contributed by atoms with Crippen LogP contribution in [-0.2, 0) is 4.79 Å². The maximum absolute atomic E-state index is 11.6. The number of hydrogen-bond donors (Lipinski definition) is 1. The topological polar surface area (TPSA) is 45.2 Å². The lowest BCUT2D eigenvalue weighted by Crippen LogP contribution is -2.36. The minimum absolute atomic E-state index is 0.109. The molecule has 1 aromatic rings. The van der Waals surface area contributed by atoms with E-state index in [4.69, 9.17) is 0 Å². The van der Waals surface area contributed by atoms with Gasteiger partial charge in [0, 0.05) is 32.0 Å². The van der Waals surface area contributed by atoms with Crippen LogP contribution >= 0.6 is 0 Å². The van der Waals surface area contributed by atoms with E-state index in [9.17, 15) is 4.79 Å². The number of carbonyl (C=O) groups excluding carboxylic acids is 1. The quantitative estimate of drug-likeness (QED) is 0.813. The number of nitrogens with one attached hydrogen (secondary N) is 1. The molecule has 1 aromatic heterocycles. The Bertz CT molecular complexity index is 326. The van der Waals surface area contributed by atoms with Crippen molar-refractivity contribution in [3.8, 4) is 0 Å². The Balaban J connectivity index is 2.42. The molecule has 0 aliphatic rings. The summed E-state index contributed by atoms with van der Waals surface area (Å²) in [5.41, 5.74) is 1.09. The molecule has 0 aliphatic heterocycles. The van der Waals surface area contributed by atoms with Crippen LogP contribution in [0.1, 0.15) is 25.5 Å². The first-order valence-electron chi connectivity index (χ1n) is 5.52. The molecular weight excluding hydrogens is 202 g/mol. The summed E-state index contributed by atoms with van der Waals surface area (Å²) < 4.78 is 0. The highest BCUT2D eigenvalue weighted by Gasteiger charge is 2.09. The van der Waals surface area contributed by atoms with Crippen molar-refractivity contribution in [3.63, 3.8) is 0 Å². The number of amides is 1. The van der Waals surface area contributed by atoms with Gasteiger partial charge in [0.2, 0.25) is 5.91 Å². The molecule has 16 heavy (non-hydrogen) atoms. The molecule has 0 bridgehead atoms. The average molecular weight is 221 g/mol. The molecule has 0 spiro atoms. The van der Waals surface area contributed by atoms with Gasteiger partial charge in [0.15, 0.2) is 0 Å². The summed E-state index contributed by atoms with van der Waals surface area (Å²) in [6, 6.07) is 4.04. The van der Waals surface area contributed by atoms with Gasteiger partial charge in [-0.2, -0.15) is 0 Å². The predicted octanol–water partition coefficient (Wildman–Crippen LogP) is 1.21. The van der Waals surface area contributed by atoms with Crippen LogP contribution in [0.5, 0.6) is 0 Å². The van der Waals surface area contributed by atoms with Crippen molar-refractivity contribution < 1.29 is 4.79 Å². The van der Waals surface area contributed by atoms with Crippen molar-refractivity contribution in [1.82, 2.24) is 15.2 Å². The van der Waals surface area contributed by atoms with Crippen LogP contribution in [0, 0.1) is 0 Å². The van der Waals surface area contributed by atoms with Crippen molar-refractivity contribution in [3.05, 3.63) is 30.1 Å². The lowest BCUT2D eigenvalue weighted by atomic mass is 10.1. The molecule has 1 rings (SSSR count). The number of likely N-dealkylation sites (N-methyl/N-ethyl adjacent to an activating group) is 1. The molecule has 0 saturated carbocycles. The third kappa shape index (κ3) is 3.62. The highest BCUT2D eigenvalue weighted by atomic mass is 16.2. The Labute approximate surface area is 96.7 Å². The van der Waals surface area contributed by atoms with Crippen molar-refractivity contribution in [2.75, 3.05) is 20.1 Å². The Hall–Kier alpha value is -1.42. The number of carbonyl (C=O) groups is 1. The first-order valence-corrected chi connectivity index (χ1v) is 5.52. The van der Waals surface area contributed by atoms with Gasteiger partial charge in [-0.05, 0) is 25.5 Å². The summed E-state index contributed by atoms with van der Waals surface area (Å²) in [7, 11) is 1.80. The molecule has 4 heteroatoms. The molecule has 1 amide bonds. The standard InChI is InChI=1S/C12H19N3O/c1-4-15(3)12(16)9-14-10(2)11-6-5-7-13-8-11/h5-8,10,14H,4,9H2,1-3H3/t10-/m1/s1. The number of hydrogen-bond acceptors (Lipinski definition) is 3. The molecule has 1 atom stereocenters. The molecule has 0 aromatic carbocycles. The molecular formula is C12H19N3O. The fraction of sp³-hybridized carbons (Fsp3) is 0.500. The minimum Gasteiger partial charge on any atom is -0.345 e. The molecule has 0 saturated heterocycles. The van der Waals surface area contributed by atoms with Crippen molar-refractivity contribution in [2.24, 2.45) is 0 Å². The van der Waals surface area contributed by atoms with E-state index in [0.29, 0.717) is 6.54 Å². The van der Waals surface area contributed by atoms with Gasteiger partial charge >= 0.3 is 0 Å². The lowest BCUT2D eigenvalue weighted by Gasteiger charge is -2.18. The second kappa shape index (κ2) is 6.23. The van der Waals surface area contributed by atoms with Crippen LogP contribution < -0.4 is 5.32 Å². The van der Waals surface area contributed by atoms with E-state index in [-0.39, 0.29) is 11.9 Å². The zero-order valence-electron chi connectivity index (χ0n) is 10.1. The van der Waals surface area contributed by atoms with Gasteiger partial charge in [-0.1, -0.05) is 6.07 Å². The molecule has 0 aliphatic carbocycles. The average Bonchev–Trinajstić information content (AvgIpc) is 2.35. The number of rotatable bonds is 5. The summed E-state index contributed by atoms with van der Waals surface area (Å²) in [6.07, 6.45) is 3.55. The fourth-order valence-corrected chi connectivity index (χ4v) is 1.30. The van der Waals surface area contributed by atoms with Gasteiger partial charge in [0.05, 0.1) is 6.54 Å². The third-order valence-corrected chi connectivity index (χ3v) is 2.64. The lowest BCUT2D eigenvalue weighted by molar-refractivity contribution is -0.128. The Morgan fingerprint density at radius 1 is 1.62 bits per heavy atom. The van der Waals surface area contributed by atoms with Gasteiger partial charge in [-0.3, -0.25) is 9.78 Å². The first kappa shape index (κ1) is 12.6. The molecule has 0 radical (unpaired) electrons. The molecule has 0 fully saturated rings. The van der Waals surface area contributed by atoms with E-state index in [1.807, 2.05) is 32.2 Å². The minimum atomic E-state index is 0.109. The summed E-state index contributed by atoms with van der Waals surface area (Å²) in [4.78, 5) is 17.3. The van der Waals surface area contributed by atoms with Crippen LogP contribution in [0.2, 0.25) is 0 Å². The van der Waals surface area contributed by atoms with E-state index in [1.54, 1.807) is 18.1 Å². The highest BCUT2D eigenvalue weighted by Crippen LogP contribution is 2.08. The maximum atomic E-state index is 11.6. The number of aromatic nitrogens is 1. The van der Waals surface area contributed by atoms with Crippen molar-refractivity contribution >= 4 is 5.91 Å². The zero-order chi connectivity index (χ0) is 12.0. The molecule has 0 unspecified atom stereocenters. The number of nitrogens with zero attached hydrogens (tertiary/aromatic N) is 2. The van der Waals surface area contributed by atoms with Gasteiger partial charge in [0.25, 0.3) is 0 Å². The van der Waals surface area contributed by atoms with Crippen LogP contribution in [0.3, 0.4) is 0 Å². The van der Waals surface area contributed by atoms with E-state index in [2.05, 4.69) is 10.3 Å². The van der Waals surface area contributed by atoms with Crippen LogP contribution in [-0.4, -0.2) is 35.9 Å². The summed E-state index contributed by atoms with van der Waals surface area (Å²) in [5, 5.41) is 3.18. The molecule has 1 N–H and O–H groups in total. The van der Waals surface area contributed by atoms with E-state index < -0.39 is 0 Å². The third-order valence-electron chi connectivity index (χ3n) is 2.64. The monoisotopic (exact) mass is 221 g/mol. The van der Waals surface area contributed by atoms with Gasteiger partial charge in [0.1, 0.15) is 0 Å². The van der Waals surface area contributed by atoms with Crippen LogP contribution in [0.15, 0.2) is 24.5 Å². The van der Waals surface area contributed by atoms with Gasteiger partial charge < -0.3 is 10.2 Å². The SMILES string of the molecule is CCN(C)C(=O)CN[C@H](C)c1cccnc1. The molecule has 4 nitrogen and oxygen atoms in total. The Morgan fingerprint density at radius 3 is 2.94 bits per heavy atom. The second-order valence-electron chi connectivity index (χ2n) is 3.80. The summed E-state index contributed by atoms with van der Waals surface area (Å²) in [6.45, 7) is 5.08. The van der Waals surface area contributed by atoms with Crippen molar-refractivity contribution in [1.29, 1.82) is 0 Å². The van der Waals surface area contributed by atoms with E-state index in [0.717, 1.165) is 12.1 Å². The fourth-order valence-electron chi connectivity index (χ4n) is 1.30. The predicted molar refractivity (Wildman–Crippen MR) is 64.0 cm³/mol. The Kier molecular flexibility index (Phi) is 4.92. The molecule has 1 heterocycles. The Morgan fingerprint density at radius 2 is 2.38 bits per heavy atom. The van der Waals surface area contributed by atoms with E-state index >= 15 is 0 Å². The number of pyridine rings is 1. The van der Waals surface area contributed by atoms with Gasteiger partial charge in [-0.25, -0.2) is 0 Å². The second-order valence-corrected chi connectivity index (χ2v) is 3.80.